The first-order valence-electron chi connectivity index (χ1n) is 13.3. The summed E-state index contributed by atoms with van der Waals surface area (Å²) >= 11 is 2.03. The number of fused-ring (bicyclic) bond motifs is 1. The van der Waals surface area contributed by atoms with Crippen LogP contribution in [0, 0.1) is 0 Å². The van der Waals surface area contributed by atoms with Gasteiger partial charge in [-0.25, -0.2) is 0 Å². The Bertz CT molecular complexity index is 1290. The molecule has 2 heteroatoms. The van der Waals surface area contributed by atoms with Crippen LogP contribution < -0.4 is 15.9 Å². The van der Waals surface area contributed by atoms with Crippen LogP contribution in [0.2, 0.25) is 0 Å². The fourth-order valence-corrected chi connectivity index (χ4v) is 11.8. The van der Waals surface area contributed by atoms with Gasteiger partial charge in [0.1, 0.15) is 23.2 Å². The van der Waals surface area contributed by atoms with Gasteiger partial charge in [0.05, 0.1) is 6.16 Å². The van der Waals surface area contributed by atoms with E-state index in [4.69, 9.17) is 0 Å². The predicted octanol–water partition coefficient (Wildman–Crippen LogP) is 8.64. The number of benzene rings is 4. The average molecular weight is 522 g/mol. The van der Waals surface area contributed by atoms with Crippen LogP contribution in [0.15, 0.2) is 120 Å². The van der Waals surface area contributed by atoms with E-state index >= 15 is 0 Å². The molecule has 0 aliphatic carbocycles. The van der Waals surface area contributed by atoms with Gasteiger partial charge in [-0.2, -0.15) is 0 Å². The molecule has 188 valence electrons. The molecule has 1 aliphatic heterocycles. The number of hydrogen-bond acceptors (Lipinski definition) is 1. The lowest BCUT2D eigenvalue weighted by Crippen LogP contribution is -2.33. The van der Waals surface area contributed by atoms with Crippen LogP contribution in [0.4, 0.5) is 0 Å². The molecule has 1 aliphatic rings. The van der Waals surface area contributed by atoms with Gasteiger partial charge in [0, 0.05) is 9.64 Å². The molecule has 0 spiro atoms. The Balaban J connectivity index is 1.61. The van der Waals surface area contributed by atoms with E-state index in [2.05, 4.69) is 150 Å². The zero-order chi connectivity index (χ0) is 26.1. The van der Waals surface area contributed by atoms with E-state index in [9.17, 15) is 0 Å². The molecule has 0 bridgehead atoms. The van der Waals surface area contributed by atoms with Gasteiger partial charge in [-0.05, 0) is 90.1 Å². The van der Waals surface area contributed by atoms with Gasteiger partial charge in [-0.1, -0.05) is 88.4 Å². The van der Waals surface area contributed by atoms with Crippen molar-refractivity contribution < 1.29 is 0 Å². The Labute approximate surface area is 228 Å². The lowest BCUT2D eigenvalue weighted by Gasteiger charge is -2.42. The summed E-state index contributed by atoms with van der Waals surface area (Å²) in [6.45, 7) is 11.9. The molecule has 0 fully saturated rings. The lowest BCUT2D eigenvalue weighted by atomic mass is 9.76. The van der Waals surface area contributed by atoms with E-state index in [-0.39, 0.29) is 10.2 Å². The van der Waals surface area contributed by atoms with E-state index in [0.717, 1.165) is 6.16 Å². The maximum absolute atomic E-state index is 2.51. The van der Waals surface area contributed by atoms with Gasteiger partial charge in [0.2, 0.25) is 0 Å². The number of thioether (sulfide) groups is 1. The van der Waals surface area contributed by atoms with Crippen LogP contribution in [0.5, 0.6) is 0 Å². The van der Waals surface area contributed by atoms with Crippen molar-refractivity contribution in [3.8, 4) is 0 Å². The van der Waals surface area contributed by atoms with Crippen molar-refractivity contribution in [2.24, 2.45) is 0 Å². The molecule has 0 radical (unpaired) electrons. The van der Waals surface area contributed by atoms with Crippen LogP contribution in [0.1, 0.15) is 52.2 Å². The number of rotatable bonds is 6. The quantitative estimate of drug-likeness (QED) is 0.229. The Morgan fingerprint density at radius 1 is 0.730 bits per heavy atom. The monoisotopic (exact) mass is 521 g/mol. The normalized spacial score (nSPS) is 16.7. The second-order valence-electron chi connectivity index (χ2n) is 11.5. The zero-order valence-corrected chi connectivity index (χ0v) is 24.5. The zero-order valence-electron chi connectivity index (χ0n) is 22.7. The Hall–Kier alpha value is -2.60. The fraction of sp³-hybridized carbons (Fsp3) is 0.257. The van der Waals surface area contributed by atoms with E-state index < -0.39 is 7.26 Å². The molecular weight excluding hydrogens is 483 g/mol. The molecule has 5 rings (SSSR count). The molecule has 1 heterocycles. The van der Waals surface area contributed by atoms with E-state index in [1.54, 1.807) is 0 Å². The summed E-state index contributed by atoms with van der Waals surface area (Å²) in [7, 11) is -1.87. The van der Waals surface area contributed by atoms with Crippen molar-refractivity contribution in [1.29, 1.82) is 0 Å². The molecule has 0 amide bonds. The maximum atomic E-state index is 2.51. The Kier molecular flexibility index (Phi) is 7.23. The highest BCUT2D eigenvalue weighted by atomic mass is 32.2. The third kappa shape index (κ3) is 5.22. The lowest BCUT2D eigenvalue weighted by molar-refractivity contribution is 0.408. The van der Waals surface area contributed by atoms with Gasteiger partial charge in [0.25, 0.3) is 0 Å². The van der Waals surface area contributed by atoms with E-state index in [1.165, 1.54) is 43.9 Å². The van der Waals surface area contributed by atoms with Crippen LogP contribution in [0.25, 0.3) is 5.57 Å². The van der Waals surface area contributed by atoms with Crippen molar-refractivity contribution in [3.63, 3.8) is 0 Å². The van der Waals surface area contributed by atoms with E-state index in [0.29, 0.717) is 0 Å². The first-order valence-corrected chi connectivity index (χ1v) is 16.1. The SMILES string of the molecule is C/C(=C\C[P+](c1ccccc1)(c1ccccc1)c1ccccc1)c1ccc2c(c1)C(C)(C)CC(C)(C)S2. The topological polar surface area (TPSA) is 0 Å². The summed E-state index contributed by atoms with van der Waals surface area (Å²) in [6, 6.07) is 40.7. The summed E-state index contributed by atoms with van der Waals surface area (Å²) in [5.74, 6) is 0. The number of allylic oxidation sites excluding steroid dienone is 2. The molecule has 0 N–H and O–H groups in total. The number of hydrogen-bond donors (Lipinski definition) is 0. The third-order valence-electron chi connectivity index (χ3n) is 7.68. The Morgan fingerprint density at radius 3 is 1.70 bits per heavy atom. The first-order chi connectivity index (χ1) is 17.7. The first kappa shape index (κ1) is 26.0. The molecule has 4 aromatic carbocycles. The molecule has 37 heavy (non-hydrogen) atoms. The van der Waals surface area contributed by atoms with Crippen molar-refractivity contribution in [2.45, 2.75) is 56.1 Å². The molecule has 4 aromatic rings. The van der Waals surface area contributed by atoms with Gasteiger partial charge in [0.15, 0.2) is 0 Å². The minimum absolute atomic E-state index is 0.176. The highest BCUT2D eigenvalue weighted by Crippen LogP contribution is 2.56. The largest absolute Gasteiger partial charge is 0.120 e. The molecular formula is C35H38PS+. The fourth-order valence-electron chi connectivity index (χ4n) is 6.09. The molecule has 0 nitrogen and oxygen atoms in total. The predicted molar refractivity (Wildman–Crippen MR) is 168 cm³/mol. The highest BCUT2D eigenvalue weighted by Gasteiger charge is 2.44. The van der Waals surface area contributed by atoms with Gasteiger partial charge < -0.3 is 0 Å². The second kappa shape index (κ2) is 10.3. The average Bonchev–Trinajstić information content (AvgIpc) is 2.89. The summed E-state index contributed by atoms with van der Waals surface area (Å²) in [4.78, 5) is 1.44. The van der Waals surface area contributed by atoms with Gasteiger partial charge in [-0.15, -0.1) is 11.8 Å². The minimum atomic E-state index is -1.87. The summed E-state index contributed by atoms with van der Waals surface area (Å²) in [5.41, 5.74) is 4.38. The minimum Gasteiger partial charge on any atom is -0.120 e. The smallest absolute Gasteiger partial charge is 0.115 e. The molecule has 0 saturated carbocycles. The van der Waals surface area contributed by atoms with Crippen LogP contribution >= 0.6 is 19.0 Å². The van der Waals surface area contributed by atoms with Crippen LogP contribution in [0.3, 0.4) is 0 Å². The van der Waals surface area contributed by atoms with Gasteiger partial charge in [-0.3, -0.25) is 0 Å². The molecule has 0 atom stereocenters. The van der Waals surface area contributed by atoms with Crippen LogP contribution in [-0.4, -0.2) is 10.9 Å². The van der Waals surface area contributed by atoms with Crippen LogP contribution in [-0.2, 0) is 5.41 Å². The van der Waals surface area contributed by atoms with Crippen molar-refractivity contribution in [2.75, 3.05) is 6.16 Å². The second-order valence-corrected chi connectivity index (χ2v) is 16.8. The van der Waals surface area contributed by atoms with Gasteiger partial charge >= 0.3 is 0 Å². The van der Waals surface area contributed by atoms with Crippen molar-refractivity contribution >= 4 is 40.5 Å². The Morgan fingerprint density at radius 2 is 1.22 bits per heavy atom. The highest BCUT2D eigenvalue weighted by molar-refractivity contribution is 8.00. The van der Waals surface area contributed by atoms with Crippen molar-refractivity contribution in [3.05, 3.63) is 126 Å². The molecule has 0 unspecified atom stereocenters. The maximum Gasteiger partial charge on any atom is 0.115 e. The summed E-state index contributed by atoms with van der Waals surface area (Å²) in [5, 5.41) is 4.30. The third-order valence-corrected chi connectivity index (χ3v) is 13.2. The summed E-state index contributed by atoms with van der Waals surface area (Å²) in [6.07, 6.45) is 4.70. The van der Waals surface area contributed by atoms with E-state index in [1.807, 2.05) is 11.8 Å². The summed E-state index contributed by atoms with van der Waals surface area (Å²) < 4.78 is 0.272. The molecule has 0 saturated heterocycles. The van der Waals surface area contributed by atoms with Crippen molar-refractivity contribution in [1.82, 2.24) is 0 Å². The standard InChI is InChI=1S/C35H38PS/c1-27(28-21-22-33-32(25-28)34(2,3)26-35(4,5)37-33)23-24-36(29-15-9-6-10-16-29,30-17-11-7-12-18-30)31-19-13-8-14-20-31/h6-23,25H,24,26H2,1-5H3/q+1/b27-23+. The molecule has 0 aromatic heterocycles.